The lowest BCUT2D eigenvalue weighted by Gasteiger charge is -2.27. The maximum Gasteiger partial charge on any atom is 0.227 e. The minimum atomic E-state index is -0.340. The van der Waals surface area contributed by atoms with Crippen molar-refractivity contribution in [3.05, 3.63) is 58.6 Å². The average Bonchev–Trinajstić information content (AvgIpc) is 3.04. The summed E-state index contributed by atoms with van der Waals surface area (Å²) in [6.45, 7) is 0.396. The number of carbonyl (C=O) groups excluding carboxylic acids is 2. The molecule has 1 heterocycles. The molecule has 0 saturated carbocycles. The van der Waals surface area contributed by atoms with Crippen molar-refractivity contribution in [2.45, 2.75) is 31.7 Å². The molecule has 6 heteroatoms. The highest BCUT2D eigenvalue weighted by Crippen LogP contribution is 2.32. The van der Waals surface area contributed by atoms with Crippen molar-refractivity contribution in [3.8, 4) is 0 Å². The summed E-state index contributed by atoms with van der Waals surface area (Å²) in [6, 6.07) is 13.0. The van der Waals surface area contributed by atoms with Crippen molar-refractivity contribution in [2.75, 3.05) is 17.2 Å². The summed E-state index contributed by atoms with van der Waals surface area (Å²) in [7, 11) is 0. The molecule has 0 bridgehead atoms. The van der Waals surface area contributed by atoms with E-state index in [1.807, 2.05) is 30.3 Å². The van der Waals surface area contributed by atoms with E-state index in [4.69, 9.17) is 17.3 Å². The van der Waals surface area contributed by atoms with Crippen LogP contribution < -0.4 is 16.0 Å². The number of nitrogens with two attached hydrogens (primary N) is 1. The quantitative estimate of drug-likeness (QED) is 0.797. The van der Waals surface area contributed by atoms with E-state index in [1.54, 1.807) is 17.0 Å². The number of halogens is 1. The lowest BCUT2D eigenvalue weighted by atomic mass is 9.87. The number of hydrogen-bond donors (Lipinski definition) is 2. The van der Waals surface area contributed by atoms with Gasteiger partial charge >= 0.3 is 0 Å². The van der Waals surface area contributed by atoms with E-state index in [0.717, 1.165) is 36.2 Å². The van der Waals surface area contributed by atoms with Gasteiger partial charge in [-0.05, 0) is 66.8 Å². The molecule has 4 rings (SSSR count). The van der Waals surface area contributed by atoms with Crippen molar-refractivity contribution < 1.29 is 9.59 Å². The topological polar surface area (TPSA) is 75.4 Å². The zero-order valence-electron chi connectivity index (χ0n) is 15.0. The Labute approximate surface area is 163 Å². The van der Waals surface area contributed by atoms with E-state index in [1.165, 1.54) is 5.56 Å². The molecule has 0 spiro atoms. The zero-order chi connectivity index (χ0) is 19.0. The number of benzene rings is 2. The first-order chi connectivity index (χ1) is 13.0. The maximum atomic E-state index is 12.8. The van der Waals surface area contributed by atoms with Gasteiger partial charge in [0.2, 0.25) is 11.8 Å². The average molecular weight is 384 g/mol. The summed E-state index contributed by atoms with van der Waals surface area (Å²) in [5, 5.41) is 3.78. The zero-order valence-corrected chi connectivity index (χ0v) is 15.7. The molecule has 2 aliphatic rings. The minimum Gasteiger partial charge on any atom is -0.399 e. The second-order valence-corrected chi connectivity index (χ2v) is 7.73. The molecule has 1 aliphatic carbocycles. The molecule has 1 fully saturated rings. The van der Waals surface area contributed by atoms with Gasteiger partial charge in [0.05, 0.1) is 12.0 Å². The molecule has 0 aromatic heterocycles. The van der Waals surface area contributed by atoms with Gasteiger partial charge in [0.25, 0.3) is 0 Å². The highest BCUT2D eigenvalue weighted by Gasteiger charge is 2.36. The fraction of sp³-hybridized carbons (Fsp3) is 0.333. The first-order valence-electron chi connectivity index (χ1n) is 9.26. The van der Waals surface area contributed by atoms with Gasteiger partial charge in [-0.25, -0.2) is 0 Å². The van der Waals surface area contributed by atoms with Crippen LogP contribution in [-0.2, 0) is 16.0 Å². The number of fused-ring (bicyclic) bond motifs is 1. The number of nitrogens with zero attached hydrogens (tertiary/aromatic N) is 1. The van der Waals surface area contributed by atoms with E-state index < -0.39 is 0 Å². The van der Waals surface area contributed by atoms with E-state index in [9.17, 15) is 9.59 Å². The molecule has 2 atom stereocenters. The van der Waals surface area contributed by atoms with Gasteiger partial charge in [-0.2, -0.15) is 0 Å². The molecule has 140 valence electrons. The molecule has 27 heavy (non-hydrogen) atoms. The van der Waals surface area contributed by atoms with Crippen LogP contribution in [0.5, 0.6) is 0 Å². The molecule has 2 amide bonds. The summed E-state index contributed by atoms with van der Waals surface area (Å²) < 4.78 is 0. The highest BCUT2D eigenvalue weighted by atomic mass is 35.5. The molecule has 3 N–H and O–H groups in total. The Morgan fingerprint density at radius 2 is 1.96 bits per heavy atom. The van der Waals surface area contributed by atoms with Crippen molar-refractivity contribution in [1.82, 2.24) is 5.32 Å². The summed E-state index contributed by atoms with van der Waals surface area (Å²) in [4.78, 5) is 26.9. The summed E-state index contributed by atoms with van der Waals surface area (Å²) >= 11 is 5.92. The van der Waals surface area contributed by atoms with Gasteiger partial charge in [0, 0.05) is 29.4 Å². The van der Waals surface area contributed by atoms with E-state index in [2.05, 4.69) is 5.32 Å². The Kier molecular flexibility index (Phi) is 4.79. The third kappa shape index (κ3) is 3.65. The fourth-order valence-corrected chi connectivity index (χ4v) is 4.15. The molecule has 1 aliphatic heterocycles. The van der Waals surface area contributed by atoms with Crippen LogP contribution in [0.3, 0.4) is 0 Å². The minimum absolute atomic E-state index is 0.0125. The number of hydrogen-bond acceptors (Lipinski definition) is 3. The molecule has 1 saturated heterocycles. The Hall–Kier alpha value is -2.53. The Morgan fingerprint density at radius 3 is 2.74 bits per heavy atom. The Morgan fingerprint density at radius 1 is 1.19 bits per heavy atom. The molecule has 2 unspecified atom stereocenters. The van der Waals surface area contributed by atoms with Gasteiger partial charge < -0.3 is 16.0 Å². The summed E-state index contributed by atoms with van der Waals surface area (Å²) in [5.74, 6) is -0.434. The van der Waals surface area contributed by atoms with Crippen LogP contribution >= 0.6 is 11.6 Å². The largest absolute Gasteiger partial charge is 0.399 e. The number of carbonyl (C=O) groups is 2. The monoisotopic (exact) mass is 383 g/mol. The number of nitrogens with one attached hydrogen (secondary N) is 1. The molecule has 0 radical (unpaired) electrons. The standard InChI is InChI=1S/C21H22ClN3O2/c22-15-4-7-17(8-5-15)25-12-14(11-20(25)26)21(27)24-19-3-1-2-13-10-16(23)6-9-18(13)19/h4-10,14,19H,1-3,11-12,23H2,(H,24,27). The Balaban J connectivity index is 1.45. The van der Waals surface area contributed by atoms with Gasteiger partial charge in [0.1, 0.15) is 0 Å². The molecule has 5 nitrogen and oxygen atoms in total. The van der Waals surface area contributed by atoms with Crippen molar-refractivity contribution in [2.24, 2.45) is 5.92 Å². The number of rotatable bonds is 3. The lowest BCUT2D eigenvalue weighted by molar-refractivity contribution is -0.127. The van der Waals surface area contributed by atoms with Crippen LogP contribution in [0, 0.1) is 5.92 Å². The van der Waals surface area contributed by atoms with Crippen LogP contribution in [0.4, 0.5) is 11.4 Å². The lowest BCUT2D eigenvalue weighted by Crippen LogP contribution is -2.36. The predicted molar refractivity (Wildman–Crippen MR) is 107 cm³/mol. The normalized spacial score (nSPS) is 21.8. The SMILES string of the molecule is Nc1ccc2c(c1)CCCC2NC(=O)C1CC(=O)N(c2ccc(Cl)cc2)C1. The van der Waals surface area contributed by atoms with Gasteiger partial charge in [-0.15, -0.1) is 0 Å². The van der Waals surface area contributed by atoms with Crippen molar-refractivity contribution >= 4 is 34.8 Å². The number of anilines is 2. The highest BCUT2D eigenvalue weighted by molar-refractivity contribution is 6.30. The van der Waals surface area contributed by atoms with E-state index in [-0.39, 0.29) is 30.2 Å². The maximum absolute atomic E-state index is 12.8. The molecule has 2 aromatic rings. The van der Waals surface area contributed by atoms with E-state index >= 15 is 0 Å². The first kappa shape index (κ1) is 17.9. The summed E-state index contributed by atoms with van der Waals surface area (Å²) in [6.07, 6.45) is 3.14. The second-order valence-electron chi connectivity index (χ2n) is 7.29. The van der Waals surface area contributed by atoms with Gasteiger partial charge in [-0.3, -0.25) is 9.59 Å². The van der Waals surface area contributed by atoms with Crippen molar-refractivity contribution in [1.29, 1.82) is 0 Å². The number of aryl methyl sites for hydroxylation is 1. The smallest absolute Gasteiger partial charge is 0.227 e. The Bertz CT molecular complexity index is 881. The van der Waals surface area contributed by atoms with Crippen LogP contribution in [0.25, 0.3) is 0 Å². The van der Waals surface area contributed by atoms with Gasteiger partial charge in [0.15, 0.2) is 0 Å². The third-order valence-corrected chi connectivity index (χ3v) is 5.68. The number of amides is 2. The molecule has 2 aromatic carbocycles. The second kappa shape index (κ2) is 7.24. The van der Waals surface area contributed by atoms with E-state index in [0.29, 0.717) is 11.6 Å². The van der Waals surface area contributed by atoms with Crippen LogP contribution in [0.15, 0.2) is 42.5 Å². The molecular weight excluding hydrogens is 362 g/mol. The van der Waals surface area contributed by atoms with Crippen LogP contribution in [-0.4, -0.2) is 18.4 Å². The van der Waals surface area contributed by atoms with Crippen LogP contribution in [0.1, 0.15) is 36.4 Å². The third-order valence-electron chi connectivity index (χ3n) is 5.43. The fourth-order valence-electron chi connectivity index (χ4n) is 4.03. The van der Waals surface area contributed by atoms with Crippen molar-refractivity contribution in [3.63, 3.8) is 0 Å². The van der Waals surface area contributed by atoms with Crippen LogP contribution in [0.2, 0.25) is 5.02 Å². The number of nitrogen functional groups attached to an aromatic ring is 1. The summed E-state index contributed by atoms with van der Waals surface area (Å²) in [5.41, 5.74) is 9.76. The van der Waals surface area contributed by atoms with Gasteiger partial charge in [-0.1, -0.05) is 17.7 Å². The predicted octanol–water partition coefficient (Wildman–Crippen LogP) is 3.47. The molecular formula is C21H22ClN3O2. The first-order valence-corrected chi connectivity index (χ1v) is 9.63.